The molecule has 0 radical (unpaired) electrons. The lowest BCUT2D eigenvalue weighted by atomic mass is 10.0. The Hall–Kier alpha value is -2.87. The molecule has 26 heavy (non-hydrogen) atoms. The molecule has 0 aliphatic rings. The summed E-state index contributed by atoms with van der Waals surface area (Å²) in [6, 6.07) is 24.1. The molecule has 3 aromatic carbocycles. The second-order valence-corrected chi connectivity index (χ2v) is 6.80. The number of aryl methyl sites for hydroxylation is 1. The van der Waals surface area contributed by atoms with Gasteiger partial charge in [0.25, 0.3) is 0 Å². The molecule has 0 atom stereocenters. The van der Waals surface area contributed by atoms with Crippen molar-refractivity contribution in [3.63, 3.8) is 0 Å². The Kier molecular flexibility index (Phi) is 4.57. The number of benzene rings is 3. The number of para-hydroxylation sites is 1. The molecule has 0 fully saturated rings. The largest absolute Gasteiger partial charge is 0.340 e. The Morgan fingerprint density at radius 1 is 0.769 bits per heavy atom. The van der Waals surface area contributed by atoms with Crippen molar-refractivity contribution in [3.8, 4) is 0 Å². The molecule has 0 aliphatic carbocycles. The number of carbonyl (C=O) groups excluding carboxylic acids is 1. The first-order valence-corrected chi connectivity index (χ1v) is 9.40. The van der Waals surface area contributed by atoms with E-state index in [0.717, 1.165) is 17.7 Å². The molecular formula is C24H23NO. The van der Waals surface area contributed by atoms with E-state index in [0.29, 0.717) is 0 Å². The predicted molar refractivity (Wildman–Crippen MR) is 109 cm³/mol. The number of fused-ring (bicyclic) bond motifs is 3. The van der Waals surface area contributed by atoms with Gasteiger partial charge in [0.05, 0.1) is 0 Å². The van der Waals surface area contributed by atoms with Gasteiger partial charge in [0.1, 0.15) is 0 Å². The van der Waals surface area contributed by atoms with Gasteiger partial charge in [-0.2, -0.15) is 0 Å². The Balaban J connectivity index is 1.83. The molecule has 0 saturated heterocycles. The van der Waals surface area contributed by atoms with E-state index in [-0.39, 0.29) is 5.78 Å². The maximum atomic E-state index is 12.8. The molecule has 1 heterocycles. The molecule has 0 N–H and O–H groups in total. The van der Waals surface area contributed by atoms with Crippen LogP contribution in [0.15, 0.2) is 72.8 Å². The molecule has 0 bridgehead atoms. The molecule has 2 heteroatoms. The first-order chi connectivity index (χ1) is 12.8. The van der Waals surface area contributed by atoms with Crippen LogP contribution in [0, 0.1) is 0 Å². The topological polar surface area (TPSA) is 22.0 Å². The first-order valence-electron chi connectivity index (χ1n) is 9.40. The van der Waals surface area contributed by atoms with Crippen LogP contribution in [-0.2, 0) is 6.54 Å². The Morgan fingerprint density at radius 3 is 2.31 bits per heavy atom. The van der Waals surface area contributed by atoms with E-state index < -0.39 is 0 Å². The number of hydrogen-bond acceptors (Lipinski definition) is 1. The standard InChI is InChI=1S/C24H23NO/c1-2-3-9-16-25-22-13-8-7-12-20(22)21-17-19(14-15-23(21)25)24(26)18-10-5-4-6-11-18/h4-8,10-15,17H,2-3,9,16H2,1H3. The number of unbranched alkanes of at least 4 members (excludes halogenated alkanes) is 2. The van der Waals surface area contributed by atoms with E-state index in [9.17, 15) is 4.79 Å². The van der Waals surface area contributed by atoms with Crippen molar-refractivity contribution >= 4 is 27.6 Å². The van der Waals surface area contributed by atoms with Crippen molar-refractivity contribution in [2.45, 2.75) is 32.7 Å². The van der Waals surface area contributed by atoms with Crippen LogP contribution in [0.3, 0.4) is 0 Å². The minimum atomic E-state index is 0.0790. The second kappa shape index (κ2) is 7.17. The van der Waals surface area contributed by atoms with E-state index in [1.54, 1.807) is 0 Å². The molecule has 2 nitrogen and oxygen atoms in total. The molecule has 0 saturated carbocycles. The van der Waals surface area contributed by atoms with Gasteiger partial charge in [-0.1, -0.05) is 68.3 Å². The average Bonchev–Trinajstić information content (AvgIpc) is 3.02. The maximum Gasteiger partial charge on any atom is 0.193 e. The van der Waals surface area contributed by atoms with E-state index in [2.05, 4.69) is 47.9 Å². The third-order valence-corrected chi connectivity index (χ3v) is 5.06. The summed E-state index contributed by atoms with van der Waals surface area (Å²) in [6.07, 6.45) is 3.63. The van der Waals surface area contributed by atoms with Crippen LogP contribution in [0.5, 0.6) is 0 Å². The van der Waals surface area contributed by atoms with Crippen LogP contribution in [0.25, 0.3) is 21.8 Å². The van der Waals surface area contributed by atoms with Crippen molar-refractivity contribution in [1.29, 1.82) is 0 Å². The van der Waals surface area contributed by atoms with Crippen LogP contribution < -0.4 is 0 Å². The van der Waals surface area contributed by atoms with Gasteiger partial charge < -0.3 is 4.57 Å². The minimum Gasteiger partial charge on any atom is -0.340 e. The molecule has 0 amide bonds. The van der Waals surface area contributed by atoms with Crippen LogP contribution in [-0.4, -0.2) is 10.4 Å². The van der Waals surface area contributed by atoms with Gasteiger partial charge in [0.2, 0.25) is 0 Å². The zero-order valence-corrected chi connectivity index (χ0v) is 15.1. The lowest BCUT2D eigenvalue weighted by molar-refractivity contribution is 0.103. The number of carbonyl (C=O) groups is 1. The molecule has 0 spiro atoms. The van der Waals surface area contributed by atoms with Gasteiger partial charge in [-0.3, -0.25) is 4.79 Å². The molecule has 0 unspecified atom stereocenters. The molecule has 0 aliphatic heterocycles. The zero-order valence-electron chi connectivity index (χ0n) is 15.1. The summed E-state index contributed by atoms with van der Waals surface area (Å²) < 4.78 is 2.40. The normalized spacial score (nSPS) is 11.3. The van der Waals surface area contributed by atoms with Gasteiger partial charge in [0.15, 0.2) is 5.78 Å². The summed E-state index contributed by atoms with van der Waals surface area (Å²) in [7, 11) is 0. The number of hydrogen-bond donors (Lipinski definition) is 0. The first kappa shape index (κ1) is 16.6. The summed E-state index contributed by atoms with van der Waals surface area (Å²) in [5, 5.41) is 2.39. The van der Waals surface area contributed by atoms with Crippen LogP contribution in [0.1, 0.15) is 42.1 Å². The summed E-state index contributed by atoms with van der Waals surface area (Å²) >= 11 is 0. The van der Waals surface area contributed by atoms with E-state index in [4.69, 9.17) is 0 Å². The zero-order chi connectivity index (χ0) is 17.9. The lowest BCUT2D eigenvalue weighted by Gasteiger charge is -2.07. The highest BCUT2D eigenvalue weighted by molar-refractivity contribution is 6.14. The SMILES string of the molecule is CCCCCn1c2ccccc2c2cc(C(=O)c3ccccc3)ccc21. The van der Waals surface area contributed by atoms with Gasteiger partial charge in [-0.25, -0.2) is 0 Å². The van der Waals surface area contributed by atoms with Crippen molar-refractivity contribution in [2.24, 2.45) is 0 Å². The Labute approximate surface area is 154 Å². The monoisotopic (exact) mass is 341 g/mol. The number of aromatic nitrogens is 1. The van der Waals surface area contributed by atoms with Gasteiger partial charge >= 0.3 is 0 Å². The number of nitrogens with zero attached hydrogens (tertiary/aromatic N) is 1. The number of rotatable bonds is 6. The smallest absolute Gasteiger partial charge is 0.193 e. The van der Waals surface area contributed by atoms with Gasteiger partial charge in [-0.05, 0) is 30.7 Å². The quantitative estimate of drug-likeness (QED) is 0.301. The molecular weight excluding hydrogens is 318 g/mol. The molecule has 4 rings (SSSR count). The van der Waals surface area contributed by atoms with Crippen molar-refractivity contribution in [1.82, 2.24) is 4.57 Å². The third kappa shape index (κ3) is 2.92. The summed E-state index contributed by atoms with van der Waals surface area (Å²) in [4.78, 5) is 12.8. The number of ketones is 1. The van der Waals surface area contributed by atoms with Crippen LogP contribution >= 0.6 is 0 Å². The lowest BCUT2D eigenvalue weighted by Crippen LogP contribution is -2.01. The molecule has 1 aromatic heterocycles. The fourth-order valence-corrected chi connectivity index (χ4v) is 3.71. The minimum absolute atomic E-state index is 0.0790. The van der Waals surface area contributed by atoms with Crippen molar-refractivity contribution in [2.75, 3.05) is 0 Å². The summed E-state index contributed by atoms with van der Waals surface area (Å²) in [6.45, 7) is 3.25. The highest BCUT2D eigenvalue weighted by Gasteiger charge is 2.14. The fraction of sp³-hybridized carbons (Fsp3) is 0.208. The predicted octanol–water partition coefficient (Wildman–Crippen LogP) is 6.22. The summed E-state index contributed by atoms with van der Waals surface area (Å²) in [5.74, 6) is 0.0790. The van der Waals surface area contributed by atoms with Crippen molar-refractivity contribution in [3.05, 3.63) is 83.9 Å². The highest BCUT2D eigenvalue weighted by atomic mass is 16.1. The van der Waals surface area contributed by atoms with Crippen LogP contribution in [0.2, 0.25) is 0 Å². The Bertz CT molecular complexity index is 1060. The van der Waals surface area contributed by atoms with Gasteiger partial charge in [0, 0.05) is 39.5 Å². The summed E-state index contributed by atoms with van der Waals surface area (Å²) in [5.41, 5.74) is 3.95. The molecule has 4 aromatic rings. The Morgan fingerprint density at radius 2 is 1.50 bits per heavy atom. The highest BCUT2D eigenvalue weighted by Crippen LogP contribution is 2.30. The van der Waals surface area contributed by atoms with Crippen molar-refractivity contribution < 1.29 is 4.79 Å². The van der Waals surface area contributed by atoms with Gasteiger partial charge in [-0.15, -0.1) is 0 Å². The molecule has 130 valence electrons. The van der Waals surface area contributed by atoms with E-state index in [1.165, 1.54) is 41.1 Å². The average molecular weight is 341 g/mol. The van der Waals surface area contributed by atoms with E-state index >= 15 is 0 Å². The second-order valence-electron chi connectivity index (χ2n) is 6.80. The van der Waals surface area contributed by atoms with Crippen LogP contribution in [0.4, 0.5) is 0 Å². The fourth-order valence-electron chi connectivity index (χ4n) is 3.71. The maximum absolute atomic E-state index is 12.8. The third-order valence-electron chi connectivity index (χ3n) is 5.06. The van der Waals surface area contributed by atoms with E-state index in [1.807, 2.05) is 36.4 Å².